The lowest BCUT2D eigenvalue weighted by molar-refractivity contribution is 0.607. The summed E-state index contributed by atoms with van der Waals surface area (Å²) in [6.07, 6.45) is 5.96. The minimum absolute atomic E-state index is 0.0162. The van der Waals surface area contributed by atoms with Crippen LogP contribution in [0, 0.1) is 12.7 Å². The van der Waals surface area contributed by atoms with E-state index in [0.717, 1.165) is 43.3 Å². The number of imidazole rings is 1. The highest BCUT2D eigenvalue weighted by Crippen LogP contribution is 2.47. The van der Waals surface area contributed by atoms with Crippen molar-refractivity contribution in [1.82, 2.24) is 20.2 Å². The quantitative estimate of drug-likeness (QED) is 0.465. The van der Waals surface area contributed by atoms with Gasteiger partial charge in [0.05, 0.1) is 0 Å². The molecule has 1 saturated carbocycles. The third kappa shape index (κ3) is 4.70. The molecule has 0 bridgehead atoms. The molecule has 5 nitrogen and oxygen atoms in total. The van der Waals surface area contributed by atoms with Crippen molar-refractivity contribution in [2.45, 2.75) is 38.3 Å². The van der Waals surface area contributed by atoms with E-state index in [0.29, 0.717) is 6.54 Å². The summed E-state index contributed by atoms with van der Waals surface area (Å²) in [6, 6.07) is 15.5. The summed E-state index contributed by atoms with van der Waals surface area (Å²) in [5, 5.41) is 6.81. The van der Waals surface area contributed by atoms with Gasteiger partial charge in [0, 0.05) is 44.5 Å². The van der Waals surface area contributed by atoms with E-state index in [4.69, 9.17) is 0 Å². The Balaban J connectivity index is 1.33. The number of nitrogens with one attached hydrogen (secondary N) is 2. The maximum atomic E-state index is 13.6. The van der Waals surface area contributed by atoms with Crippen molar-refractivity contribution in [3.63, 3.8) is 0 Å². The number of halogens is 1. The van der Waals surface area contributed by atoms with Crippen molar-refractivity contribution in [1.29, 1.82) is 0 Å². The molecule has 0 unspecified atom stereocenters. The monoisotopic (exact) mass is 405 g/mol. The molecule has 1 aromatic heterocycles. The minimum atomic E-state index is -0.174. The third-order valence-electron chi connectivity index (χ3n) is 5.84. The van der Waals surface area contributed by atoms with Gasteiger partial charge in [-0.1, -0.05) is 36.4 Å². The number of nitrogens with zero attached hydrogens (tertiary/aromatic N) is 3. The van der Waals surface area contributed by atoms with Crippen molar-refractivity contribution in [2.24, 2.45) is 4.99 Å². The van der Waals surface area contributed by atoms with Crippen molar-refractivity contribution in [2.75, 3.05) is 13.6 Å². The molecule has 0 saturated heterocycles. The summed E-state index contributed by atoms with van der Waals surface area (Å²) in [6.45, 7) is 4.25. The normalized spacial score (nSPS) is 15.1. The Kier molecular flexibility index (Phi) is 5.84. The van der Waals surface area contributed by atoms with E-state index in [1.54, 1.807) is 19.2 Å². The summed E-state index contributed by atoms with van der Waals surface area (Å²) >= 11 is 0. The molecule has 3 aromatic rings. The fourth-order valence-corrected chi connectivity index (χ4v) is 3.80. The van der Waals surface area contributed by atoms with E-state index < -0.39 is 0 Å². The topological polar surface area (TPSA) is 54.2 Å². The molecule has 2 aromatic carbocycles. The second kappa shape index (κ2) is 8.69. The van der Waals surface area contributed by atoms with Crippen molar-refractivity contribution in [3.05, 3.63) is 89.3 Å². The Bertz CT molecular complexity index is 1040. The van der Waals surface area contributed by atoms with E-state index in [1.165, 1.54) is 17.2 Å². The molecule has 0 radical (unpaired) electrons. The summed E-state index contributed by atoms with van der Waals surface area (Å²) in [7, 11) is 1.77. The lowest BCUT2D eigenvalue weighted by Gasteiger charge is -2.19. The Morgan fingerprint density at radius 3 is 2.63 bits per heavy atom. The molecule has 1 aliphatic carbocycles. The highest BCUT2D eigenvalue weighted by molar-refractivity contribution is 5.79. The largest absolute Gasteiger partial charge is 0.356 e. The molecular formula is C24H28FN5. The molecule has 0 aliphatic heterocycles. The zero-order valence-electron chi connectivity index (χ0n) is 17.5. The second-order valence-corrected chi connectivity index (χ2v) is 7.99. The average molecular weight is 406 g/mol. The molecule has 0 amide bonds. The number of rotatable bonds is 7. The van der Waals surface area contributed by atoms with Crippen molar-refractivity contribution >= 4 is 5.96 Å². The number of hydrogen-bond acceptors (Lipinski definition) is 2. The lowest BCUT2D eigenvalue weighted by Crippen LogP contribution is -2.40. The smallest absolute Gasteiger partial charge is 0.191 e. The molecule has 4 rings (SSSR count). The van der Waals surface area contributed by atoms with Crippen LogP contribution in [0.4, 0.5) is 4.39 Å². The second-order valence-electron chi connectivity index (χ2n) is 7.99. The van der Waals surface area contributed by atoms with E-state index in [-0.39, 0.29) is 11.2 Å². The van der Waals surface area contributed by atoms with E-state index in [2.05, 4.69) is 49.4 Å². The van der Waals surface area contributed by atoms with Crippen molar-refractivity contribution in [3.8, 4) is 0 Å². The Morgan fingerprint density at radius 2 is 1.93 bits per heavy atom. The SMILES string of the molecule is CN=C(NCc1cccc(Cn2ccnc2C)c1)NCC1(c2cccc(F)c2)CC1. The fourth-order valence-electron chi connectivity index (χ4n) is 3.80. The van der Waals surface area contributed by atoms with Gasteiger partial charge in [-0.25, -0.2) is 9.37 Å². The molecule has 2 N–H and O–H groups in total. The molecule has 0 atom stereocenters. The van der Waals surface area contributed by atoms with Crippen LogP contribution in [-0.4, -0.2) is 29.1 Å². The summed E-state index contributed by atoms with van der Waals surface area (Å²) in [5.41, 5.74) is 3.51. The van der Waals surface area contributed by atoms with Crippen LogP contribution < -0.4 is 10.6 Å². The molecule has 30 heavy (non-hydrogen) atoms. The predicted octanol–water partition coefficient (Wildman–Crippen LogP) is 3.78. The maximum Gasteiger partial charge on any atom is 0.191 e. The first-order valence-corrected chi connectivity index (χ1v) is 10.3. The molecule has 6 heteroatoms. The van der Waals surface area contributed by atoms with Crippen LogP contribution in [0.15, 0.2) is 65.9 Å². The maximum absolute atomic E-state index is 13.6. The van der Waals surface area contributed by atoms with Gasteiger partial charge in [0.15, 0.2) is 5.96 Å². The van der Waals surface area contributed by atoms with E-state index in [1.807, 2.05) is 25.4 Å². The van der Waals surface area contributed by atoms with Crippen LogP contribution in [0.5, 0.6) is 0 Å². The highest BCUT2D eigenvalue weighted by atomic mass is 19.1. The van der Waals surface area contributed by atoms with Crippen LogP contribution in [-0.2, 0) is 18.5 Å². The molecule has 1 fully saturated rings. The van der Waals surface area contributed by atoms with Gasteiger partial charge in [-0.3, -0.25) is 4.99 Å². The number of guanidine groups is 1. The van der Waals surface area contributed by atoms with Gasteiger partial charge in [0.1, 0.15) is 11.6 Å². The third-order valence-corrected chi connectivity index (χ3v) is 5.84. The standard InChI is InChI=1S/C24H28FN5/c1-18-27-11-12-30(18)16-20-6-3-5-19(13-20)15-28-23(26-2)29-17-24(9-10-24)21-7-4-8-22(25)14-21/h3-8,11-14H,9-10,15-17H2,1-2H3,(H2,26,28,29). The minimum Gasteiger partial charge on any atom is -0.356 e. The van der Waals surface area contributed by atoms with Gasteiger partial charge in [0.25, 0.3) is 0 Å². The summed E-state index contributed by atoms with van der Waals surface area (Å²) < 4.78 is 15.7. The molecule has 0 spiro atoms. The van der Waals surface area contributed by atoms with Crippen LogP contribution in [0.25, 0.3) is 0 Å². The van der Waals surface area contributed by atoms with Gasteiger partial charge < -0.3 is 15.2 Å². The van der Waals surface area contributed by atoms with Gasteiger partial charge in [-0.05, 0) is 48.6 Å². The highest BCUT2D eigenvalue weighted by Gasteiger charge is 2.44. The van der Waals surface area contributed by atoms with Gasteiger partial charge in [-0.15, -0.1) is 0 Å². The zero-order chi connectivity index (χ0) is 21.0. The summed E-state index contributed by atoms with van der Waals surface area (Å²) in [5.74, 6) is 1.59. The van der Waals surface area contributed by atoms with Crippen LogP contribution in [0.3, 0.4) is 0 Å². The fraction of sp³-hybridized carbons (Fsp3) is 0.333. The molecule has 1 heterocycles. The Morgan fingerprint density at radius 1 is 1.13 bits per heavy atom. The zero-order valence-corrected chi connectivity index (χ0v) is 17.5. The van der Waals surface area contributed by atoms with Gasteiger partial charge >= 0.3 is 0 Å². The summed E-state index contributed by atoms with van der Waals surface area (Å²) in [4.78, 5) is 8.63. The first-order valence-electron chi connectivity index (χ1n) is 10.3. The Labute approximate surface area is 177 Å². The number of benzene rings is 2. The van der Waals surface area contributed by atoms with E-state index >= 15 is 0 Å². The van der Waals surface area contributed by atoms with Gasteiger partial charge in [-0.2, -0.15) is 0 Å². The number of hydrogen-bond donors (Lipinski definition) is 2. The first-order chi connectivity index (χ1) is 14.6. The van der Waals surface area contributed by atoms with Crippen molar-refractivity contribution < 1.29 is 4.39 Å². The molecular weight excluding hydrogens is 377 g/mol. The van der Waals surface area contributed by atoms with Crippen LogP contribution in [0.1, 0.15) is 35.4 Å². The lowest BCUT2D eigenvalue weighted by atomic mass is 9.96. The van der Waals surface area contributed by atoms with Crippen LogP contribution >= 0.6 is 0 Å². The molecule has 1 aliphatic rings. The predicted molar refractivity (Wildman–Crippen MR) is 118 cm³/mol. The number of aliphatic imine (C=N–C) groups is 1. The van der Waals surface area contributed by atoms with Crippen LogP contribution in [0.2, 0.25) is 0 Å². The Hall–Kier alpha value is -3.15. The first kappa shape index (κ1) is 20.1. The van der Waals surface area contributed by atoms with E-state index in [9.17, 15) is 4.39 Å². The van der Waals surface area contributed by atoms with Gasteiger partial charge in [0.2, 0.25) is 0 Å². The number of aryl methyl sites for hydroxylation is 1. The average Bonchev–Trinajstić information content (AvgIpc) is 3.45. The molecule has 156 valence electrons. The number of aromatic nitrogens is 2.